The molecule has 0 amide bonds. The van der Waals surface area contributed by atoms with Crippen LogP contribution in [0.5, 0.6) is 0 Å². The highest BCUT2D eigenvalue weighted by Gasteiger charge is 2.03. The molecular formula is C7H6BrN5. The molecule has 0 aromatic carbocycles. The number of hydrogen-bond acceptors (Lipinski definition) is 4. The molecule has 0 fully saturated rings. The number of nitrogens with zero attached hydrogens (tertiary/aromatic N) is 5. The van der Waals surface area contributed by atoms with E-state index in [0.717, 1.165) is 16.0 Å². The molecule has 0 atom stereocenters. The van der Waals surface area contributed by atoms with Crippen LogP contribution < -0.4 is 0 Å². The van der Waals surface area contributed by atoms with Crippen LogP contribution in [-0.2, 0) is 0 Å². The van der Waals surface area contributed by atoms with Crippen LogP contribution in [0, 0.1) is 6.92 Å². The topological polar surface area (TPSA) is 56.5 Å². The van der Waals surface area contributed by atoms with Crippen LogP contribution in [0.25, 0.3) is 5.69 Å². The molecular weight excluding hydrogens is 234 g/mol. The molecule has 0 saturated carbocycles. The molecule has 0 aliphatic carbocycles. The van der Waals surface area contributed by atoms with Gasteiger partial charge in [0.25, 0.3) is 0 Å². The van der Waals surface area contributed by atoms with Crippen LogP contribution in [0.4, 0.5) is 0 Å². The van der Waals surface area contributed by atoms with Crippen molar-refractivity contribution in [3.8, 4) is 5.69 Å². The molecule has 0 bridgehead atoms. The quantitative estimate of drug-likeness (QED) is 0.749. The van der Waals surface area contributed by atoms with Gasteiger partial charge >= 0.3 is 0 Å². The van der Waals surface area contributed by atoms with Gasteiger partial charge in [-0.25, -0.2) is 0 Å². The van der Waals surface area contributed by atoms with Crippen LogP contribution in [0.1, 0.15) is 5.82 Å². The van der Waals surface area contributed by atoms with E-state index in [-0.39, 0.29) is 0 Å². The molecule has 66 valence electrons. The van der Waals surface area contributed by atoms with E-state index in [1.54, 1.807) is 17.1 Å². The van der Waals surface area contributed by atoms with Crippen LogP contribution in [-0.4, -0.2) is 25.2 Å². The van der Waals surface area contributed by atoms with E-state index >= 15 is 0 Å². The predicted octanol–water partition coefficient (Wildman–Crippen LogP) is 1.13. The summed E-state index contributed by atoms with van der Waals surface area (Å²) < 4.78 is 2.53. The number of tetrazole rings is 1. The molecule has 0 N–H and O–H groups in total. The summed E-state index contributed by atoms with van der Waals surface area (Å²) in [5, 5.41) is 11.2. The minimum Gasteiger partial charge on any atom is -0.261 e. The Hall–Kier alpha value is -1.30. The van der Waals surface area contributed by atoms with Crippen molar-refractivity contribution >= 4 is 15.9 Å². The van der Waals surface area contributed by atoms with Gasteiger partial charge in [0.15, 0.2) is 5.82 Å². The second kappa shape index (κ2) is 3.21. The molecule has 2 heterocycles. The Kier molecular flexibility index (Phi) is 2.05. The first-order valence-electron chi connectivity index (χ1n) is 3.63. The van der Waals surface area contributed by atoms with Gasteiger partial charge in [-0.15, -0.1) is 5.10 Å². The largest absolute Gasteiger partial charge is 0.261 e. The third kappa shape index (κ3) is 1.57. The monoisotopic (exact) mass is 239 g/mol. The average molecular weight is 240 g/mol. The second-order valence-corrected chi connectivity index (χ2v) is 3.41. The Bertz CT molecular complexity index is 424. The standard InChI is InChI=1S/C7H6BrN5/c1-5-10-11-12-13(5)7-2-6(8)3-9-4-7/h2-4H,1H3. The van der Waals surface area contributed by atoms with Crippen molar-refractivity contribution in [1.29, 1.82) is 0 Å². The van der Waals surface area contributed by atoms with Gasteiger partial charge in [0.05, 0.1) is 11.9 Å². The maximum absolute atomic E-state index is 4.02. The molecule has 2 aromatic rings. The van der Waals surface area contributed by atoms with E-state index in [0.29, 0.717) is 0 Å². The lowest BCUT2D eigenvalue weighted by Gasteiger charge is -1.99. The zero-order valence-corrected chi connectivity index (χ0v) is 8.43. The van der Waals surface area contributed by atoms with Gasteiger partial charge in [0.2, 0.25) is 0 Å². The summed E-state index contributed by atoms with van der Waals surface area (Å²) in [6, 6.07) is 1.90. The summed E-state index contributed by atoms with van der Waals surface area (Å²) >= 11 is 3.33. The molecule has 0 unspecified atom stereocenters. The van der Waals surface area contributed by atoms with Gasteiger partial charge in [-0.3, -0.25) is 4.98 Å². The minimum absolute atomic E-state index is 0.736. The van der Waals surface area contributed by atoms with Gasteiger partial charge in [0.1, 0.15) is 0 Å². The van der Waals surface area contributed by atoms with E-state index in [1.165, 1.54) is 0 Å². The first-order chi connectivity index (χ1) is 6.27. The van der Waals surface area contributed by atoms with Crippen LogP contribution in [0.2, 0.25) is 0 Å². The van der Waals surface area contributed by atoms with Crippen LogP contribution in [0.3, 0.4) is 0 Å². The summed E-state index contributed by atoms with van der Waals surface area (Å²) in [5.74, 6) is 0.736. The van der Waals surface area contributed by atoms with E-state index in [9.17, 15) is 0 Å². The molecule has 13 heavy (non-hydrogen) atoms. The lowest BCUT2D eigenvalue weighted by molar-refractivity contribution is 0.776. The molecule has 6 heteroatoms. The fourth-order valence-electron chi connectivity index (χ4n) is 0.987. The van der Waals surface area contributed by atoms with E-state index in [4.69, 9.17) is 0 Å². The SMILES string of the molecule is Cc1nnnn1-c1cncc(Br)c1. The Morgan fingerprint density at radius 3 is 2.85 bits per heavy atom. The molecule has 0 aliphatic rings. The fraction of sp³-hybridized carbons (Fsp3) is 0.143. The highest BCUT2D eigenvalue weighted by molar-refractivity contribution is 9.10. The van der Waals surface area contributed by atoms with Gasteiger partial charge in [-0.1, -0.05) is 0 Å². The van der Waals surface area contributed by atoms with Crippen molar-refractivity contribution in [2.24, 2.45) is 0 Å². The summed E-state index contributed by atoms with van der Waals surface area (Å²) in [5.41, 5.74) is 0.844. The number of hydrogen-bond donors (Lipinski definition) is 0. The molecule has 2 aromatic heterocycles. The van der Waals surface area contributed by atoms with Crippen molar-refractivity contribution in [2.45, 2.75) is 6.92 Å². The average Bonchev–Trinajstić information content (AvgIpc) is 2.51. The van der Waals surface area contributed by atoms with Crippen molar-refractivity contribution < 1.29 is 0 Å². The zero-order valence-electron chi connectivity index (χ0n) is 6.85. The third-order valence-electron chi connectivity index (χ3n) is 1.56. The predicted molar refractivity (Wildman–Crippen MR) is 49.4 cm³/mol. The smallest absolute Gasteiger partial charge is 0.153 e. The number of pyridine rings is 1. The van der Waals surface area contributed by atoms with E-state index in [2.05, 4.69) is 36.4 Å². The Morgan fingerprint density at radius 1 is 1.38 bits per heavy atom. The van der Waals surface area contributed by atoms with Gasteiger partial charge in [-0.05, 0) is 39.3 Å². The lowest BCUT2D eigenvalue weighted by Crippen LogP contribution is -1.99. The van der Waals surface area contributed by atoms with Crippen LogP contribution >= 0.6 is 15.9 Å². The first-order valence-corrected chi connectivity index (χ1v) is 4.42. The van der Waals surface area contributed by atoms with Crippen molar-refractivity contribution in [3.63, 3.8) is 0 Å². The summed E-state index contributed by atoms with van der Waals surface area (Å²) in [7, 11) is 0. The highest BCUT2D eigenvalue weighted by Crippen LogP contribution is 2.12. The normalized spacial score (nSPS) is 10.3. The summed E-state index contributed by atoms with van der Waals surface area (Å²) in [6.07, 6.45) is 3.41. The second-order valence-electron chi connectivity index (χ2n) is 2.50. The Labute approximate surface area is 82.9 Å². The number of halogens is 1. The summed E-state index contributed by atoms with van der Waals surface area (Å²) in [6.45, 7) is 1.83. The number of rotatable bonds is 1. The Balaban J connectivity index is 2.53. The fourth-order valence-corrected chi connectivity index (χ4v) is 1.34. The molecule has 0 saturated heterocycles. The maximum atomic E-state index is 4.02. The van der Waals surface area contributed by atoms with Gasteiger partial charge in [0, 0.05) is 10.7 Å². The van der Waals surface area contributed by atoms with E-state index in [1.807, 2.05) is 13.0 Å². The maximum Gasteiger partial charge on any atom is 0.153 e. The molecule has 0 spiro atoms. The molecule has 5 nitrogen and oxygen atoms in total. The molecule has 2 rings (SSSR count). The zero-order chi connectivity index (χ0) is 9.26. The first kappa shape index (κ1) is 8.31. The van der Waals surface area contributed by atoms with Crippen LogP contribution in [0.15, 0.2) is 22.9 Å². The molecule has 0 radical (unpaired) electrons. The van der Waals surface area contributed by atoms with Gasteiger partial charge in [-0.2, -0.15) is 4.68 Å². The van der Waals surface area contributed by atoms with Crippen molar-refractivity contribution in [2.75, 3.05) is 0 Å². The minimum atomic E-state index is 0.736. The van der Waals surface area contributed by atoms with Crippen molar-refractivity contribution in [1.82, 2.24) is 25.2 Å². The number of aryl methyl sites for hydroxylation is 1. The molecule has 0 aliphatic heterocycles. The summed E-state index contributed by atoms with van der Waals surface area (Å²) in [4.78, 5) is 4.02. The van der Waals surface area contributed by atoms with Crippen molar-refractivity contribution in [3.05, 3.63) is 28.8 Å². The third-order valence-corrected chi connectivity index (χ3v) is 1.99. The van der Waals surface area contributed by atoms with E-state index < -0.39 is 0 Å². The Morgan fingerprint density at radius 2 is 2.23 bits per heavy atom. The highest BCUT2D eigenvalue weighted by atomic mass is 79.9. The lowest BCUT2D eigenvalue weighted by atomic mass is 10.4. The number of aromatic nitrogens is 5. The van der Waals surface area contributed by atoms with Gasteiger partial charge < -0.3 is 0 Å².